The normalized spacial score (nSPS) is 29.3. The largest absolute Gasteiger partial charge is 0.306 e. The summed E-state index contributed by atoms with van der Waals surface area (Å²) >= 11 is 0. The smallest absolute Gasteiger partial charge is 0.00219 e. The van der Waals surface area contributed by atoms with E-state index in [0.717, 1.165) is 5.92 Å². The third-order valence-corrected chi connectivity index (χ3v) is 5.99. The third kappa shape index (κ3) is 4.98. The van der Waals surface area contributed by atoms with Gasteiger partial charge in [-0.25, -0.2) is 0 Å². The lowest BCUT2D eigenvalue weighted by Crippen LogP contribution is -2.43. The molecule has 1 saturated heterocycles. The van der Waals surface area contributed by atoms with Crippen molar-refractivity contribution in [2.75, 3.05) is 20.1 Å². The summed E-state index contributed by atoms with van der Waals surface area (Å²) in [7, 11) is 2.22. The first kappa shape index (κ1) is 16.8. The molecule has 1 unspecified atom stereocenters. The van der Waals surface area contributed by atoms with Gasteiger partial charge in [0.2, 0.25) is 0 Å². The molecule has 0 aromatic rings. The van der Waals surface area contributed by atoms with E-state index in [1.165, 1.54) is 76.5 Å². The van der Waals surface area contributed by atoms with Gasteiger partial charge in [-0.1, -0.05) is 37.1 Å². The van der Waals surface area contributed by atoms with Crippen LogP contribution in [-0.4, -0.2) is 25.0 Å². The average Bonchev–Trinajstić information content (AvgIpc) is 2.63. The van der Waals surface area contributed by atoms with E-state index < -0.39 is 0 Å². The number of hydrogen-bond acceptors (Lipinski definition) is 1. The molecule has 1 saturated carbocycles. The van der Waals surface area contributed by atoms with Gasteiger partial charge in [0.05, 0.1) is 0 Å². The van der Waals surface area contributed by atoms with Gasteiger partial charge in [0.15, 0.2) is 0 Å². The van der Waals surface area contributed by atoms with E-state index in [0.29, 0.717) is 5.41 Å². The van der Waals surface area contributed by atoms with Crippen LogP contribution < -0.4 is 0 Å². The Labute approximate surface area is 132 Å². The van der Waals surface area contributed by atoms with Crippen LogP contribution in [0.1, 0.15) is 71.6 Å². The molecule has 1 aliphatic heterocycles. The second kappa shape index (κ2) is 7.63. The summed E-state index contributed by atoms with van der Waals surface area (Å²) in [5.74, 6) is 0.922. The van der Waals surface area contributed by atoms with Gasteiger partial charge >= 0.3 is 0 Å². The molecule has 0 amide bonds. The summed E-state index contributed by atoms with van der Waals surface area (Å²) in [5, 5.41) is 0. The Morgan fingerprint density at radius 2 is 2.10 bits per heavy atom. The van der Waals surface area contributed by atoms with Gasteiger partial charge in [0, 0.05) is 13.1 Å². The Kier molecular flexibility index (Phi) is 6.10. The van der Waals surface area contributed by atoms with Gasteiger partial charge < -0.3 is 4.90 Å². The van der Waals surface area contributed by atoms with E-state index in [9.17, 15) is 0 Å². The zero-order valence-electron chi connectivity index (χ0n) is 14.6. The summed E-state index contributed by atoms with van der Waals surface area (Å²) < 4.78 is 0. The maximum atomic E-state index is 4.22. The van der Waals surface area contributed by atoms with Crippen molar-refractivity contribution < 1.29 is 0 Å². The lowest BCUT2D eigenvalue weighted by atomic mass is 9.73. The van der Waals surface area contributed by atoms with Gasteiger partial charge in [-0.15, -0.1) is 0 Å². The second-order valence-electron chi connectivity index (χ2n) is 7.83. The van der Waals surface area contributed by atoms with Crippen molar-refractivity contribution in [2.24, 2.45) is 11.3 Å². The van der Waals surface area contributed by atoms with Crippen molar-refractivity contribution in [3.8, 4) is 0 Å². The molecule has 120 valence electrons. The second-order valence-corrected chi connectivity index (χ2v) is 7.83. The minimum Gasteiger partial charge on any atom is -0.306 e. The molecule has 1 heterocycles. The van der Waals surface area contributed by atoms with E-state index in [1.807, 2.05) is 0 Å². The molecule has 1 nitrogen and oxygen atoms in total. The molecule has 21 heavy (non-hydrogen) atoms. The number of likely N-dealkylation sites (tertiary alicyclic amines) is 1. The predicted octanol–water partition coefficient (Wildman–Crippen LogP) is 5.58. The Morgan fingerprint density at radius 1 is 1.33 bits per heavy atom. The van der Waals surface area contributed by atoms with Crippen LogP contribution in [-0.2, 0) is 0 Å². The van der Waals surface area contributed by atoms with Gasteiger partial charge in [0.25, 0.3) is 0 Å². The van der Waals surface area contributed by atoms with Crippen molar-refractivity contribution in [1.82, 2.24) is 4.90 Å². The first-order valence-corrected chi connectivity index (χ1v) is 9.04. The average molecular weight is 290 g/mol. The highest BCUT2D eigenvalue weighted by Gasteiger charge is 2.29. The molecule has 1 atom stereocenters. The topological polar surface area (TPSA) is 3.24 Å². The lowest BCUT2D eigenvalue weighted by molar-refractivity contribution is 0.136. The summed E-state index contributed by atoms with van der Waals surface area (Å²) in [6.07, 6.45) is 14.6. The molecule has 0 N–H and O–H groups in total. The van der Waals surface area contributed by atoms with Crippen molar-refractivity contribution in [3.63, 3.8) is 0 Å². The molecule has 2 rings (SSSR count). The fourth-order valence-electron chi connectivity index (χ4n) is 4.10. The van der Waals surface area contributed by atoms with Gasteiger partial charge in [0.1, 0.15) is 0 Å². The van der Waals surface area contributed by atoms with E-state index in [1.54, 1.807) is 5.57 Å². The highest BCUT2D eigenvalue weighted by atomic mass is 15.2. The Hall–Kier alpha value is -0.560. The van der Waals surface area contributed by atoms with Crippen LogP contribution in [0.3, 0.4) is 0 Å². The van der Waals surface area contributed by atoms with E-state index in [4.69, 9.17) is 0 Å². The molecule has 2 aliphatic rings. The fourth-order valence-corrected chi connectivity index (χ4v) is 4.10. The Balaban J connectivity index is 1.78. The predicted molar refractivity (Wildman–Crippen MR) is 93.5 cm³/mol. The molecule has 2 fully saturated rings. The van der Waals surface area contributed by atoms with Crippen LogP contribution in [0.15, 0.2) is 23.8 Å². The van der Waals surface area contributed by atoms with Crippen LogP contribution >= 0.6 is 0 Å². The van der Waals surface area contributed by atoms with Crippen LogP contribution in [0, 0.1) is 11.3 Å². The fraction of sp³-hybridized carbons (Fsp3) is 0.800. The molecule has 0 aromatic heterocycles. The van der Waals surface area contributed by atoms with Gasteiger partial charge in [-0.05, 0) is 76.7 Å². The molecule has 0 radical (unpaired) electrons. The molecule has 0 aromatic carbocycles. The van der Waals surface area contributed by atoms with Crippen LogP contribution in [0.4, 0.5) is 0 Å². The van der Waals surface area contributed by atoms with Crippen molar-refractivity contribution in [3.05, 3.63) is 23.8 Å². The SMILES string of the molecule is C=C1CCCC(CC)(CC/C(C)=C\CC2CN(C)C2)CC1. The summed E-state index contributed by atoms with van der Waals surface area (Å²) in [6.45, 7) is 11.6. The van der Waals surface area contributed by atoms with Crippen molar-refractivity contribution >= 4 is 0 Å². The Morgan fingerprint density at radius 3 is 2.76 bits per heavy atom. The van der Waals surface area contributed by atoms with Gasteiger partial charge in [-0.2, -0.15) is 0 Å². The molecular formula is C20H35N. The molecule has 0 spiro atoms. The number of hydrogen-bond donors (Lipinski definition) is 0. The minimum absolute atomic E-state index is 0.602. The molecular weight excluding hydrogens is 254 g/mol. The van der Waals surface area contributed by atoms with Crippen LogP contribution in [0.2, 0.25) is 0 Å². The number of rotatable bonds is 6. The maximum absolute atomic E-state index is 4.22. The standard InChI is InChI=1S/C20H35N/c1-5-20(12-6-7-17(2)10-13-20)14-11-18(3)8-9-19-15-21(4)16-19/h8,19H,2,5-7,9-16H2,1,3-4H3/b18-8-. The highest BCUT2D eigenvalue weighted by molar-refractivity contribution is 5.04. The highest BCUT2D eigenvalue weighted by Crippen LogP contribution is 2.43. The maximum Gasteiger partial charge on any atom is 0.00219 e. The number of nitrogens with zero attached hydrogens (tertiary/aromatic N) is 1. The minimum atomic E-state index is 0.602. The monoisotopic (exact) mass is 289 g/mol. The lowest BCUT2D eigenvalue weighted by Gasteiger charge is -2.35. The molecule has 1 heteroatoms. The molecule has 1 aliphatic carbocycles. The van der Waals surface area contributed by atoms with Crippen molar-refractivity contribution in [1.29, 1.82) is 0 Å². The molecule has 0 bridgehead atoms. The van der Waals surface area contributed by atoms with Gasteiger partial charge in [-0.3, -0.25) is 0 Å². The van der Waals surface area contributed by atoms with Crippen LogP contribution in [0.5, 0.6) is 0 Å². The summed E-state index contributed by atoms with van der Waals surface area (Å²) in [4.78, 5) is 2.41. The zero-order valence-corrected chi connectivity index (χ0v) is 14.6. The summed E-state index contributed by atoms with van der Waals surface area (Å²) in [6, 6.07) is 0. The third-order valence-electron chi connectivity index (χ3n) is 5.99. The number of allylic oxidation sites excluding steroid dienone is 3. The first-order chi connectivity index (χ1) is 10.0. The Bertz CT molecular complexity index is 375. The quantitative estimate of drug-likeness (QED) is 0.455. The van der Waals surface area contributed by atoms with Crippen LogP contribution in [0.25, 0.3) is 0 Å². The zero-order chi connectivity index (χ0) is 15.3. The van der Waals surface area contributed by atoms with E-state index in [2.05, 4.69) is 38.5 Å². The van der Waals surface area contributed by atoms with E-state index in [-0.39, 0.29) is 0 Å². The van der Waals surface area contributed by atoms with E-state index >= 15 is 0 Å². The summed E-state index contributed by atoms with van der Waals surface area (Å²) in [5.41, 5.74) is 3.72. The van der Waals surface area contributed by atoms with Crippen molar-refractivity contribution in [2.45, 2.75) is 71.6 Å². The first-order valence-electron chi connectivity index (χ1n) is 9.04.